The highest BCUT2D eigenvalue weighted by Gasteiger charge is 1.87. The number of aliphatic hydroxyl groups excluding tert-OH is 1. The van der Waals surface area contributed by atoms with Crippen LogP contribution >= 0.6 is 0 Å². The molecule has 0 aliphatic rings. The normalized spacial score (nSPS) is 10.8. The lowest BCUT2D eigenvalue weighted by Gasteiger charge is -2.01. The van der Waals surface area contributed by atoms with Crippen LogP contribution in [0.15, 0.2) is 12.2 Å². The third-order valence-corrected chi connectivity index (χ3v) is 1.18. The fourth-order valence-electron chi connectivity index (χ4n) is 0.656. The van der Waals surface area contributed by atoms with Crippen molar-refractivity contribution in [2.24, 2.45) is 0 Å². The number of rotatable bonds is 8. The third-order valence-electron chi connectivity index (χ3n) is 1.18. The molecule has 0 aliphatic heterocycles. The maximum atomic E-state index is 10.0. The van der Waals surface area contributed by atoms with Gasteiger partial charge in [0.25, 0.3) is 0 Å². The molecule has 0 rings (SSSR count). The Bertz CT molecular complexity index is 158. The molecule has 0 aromatic rings. The SMILES string of the molecule is O=C(O)/C=C/CNCCOCCO. The van der Waals surface area contributed by atoms with Crippen molar-refractivity contribution in [1.29, 1.82) is 0 Å². The molecule has 13 heavy (non-hydrogen) atoms. The van der Waals surface area contributed by atoms with Gasteiger partial charge in [-0.3, -0.25) is 0 Å². The first-order valence-electron chi connectivity index (χ1n) is 4.06. The molecule has 0 spiro atoms. The Balaban J connectivity index is 3.03. The van der Waals surface area contributed by atoms with Crippen LogP contribution in [0.5, 0.6) is 0 Å². The predicted molar refractivity (Wildman–Crippen MR) is 47.6 cm³/mol. The van der Waals surface area contributed by atoms with Gasteiger partial charge in [0.2, 0.25) is 0 Å². The summed E-state index contributed by atoms with van der Waals surface area (Å²) in [5.41, 5.74) is 0. The van der Waals surface area contributed by atoms with E-state index in [1.54, 1.807) is 0 Å². The van der Waals surface area contributed by atoms with Crippen molar-refractivity contribution in [2.45, 2.75) is 0 Å². The zero-order valence-electron chi connectivity index (χ0n) is 7.40. The average molecular weight is 189 g/mol. The molecule has 0 amide bonds. The first-order chi connectivity index (χ1) is 6.27. The highest BCUT2D eigenvalue weighted by atomic mass is 16.5. The predicted octanol–water partition coefficient (Wildman–Crippen LogP) is -0.774. The van der Waals surface area contributed by atoms with Gasteiger partial charge < -0.3 is 20.3 Å². The summed E-state index contributed by atoms with van der Waals surface area (Å²) in [5.74, 6) is -0.946. The molecule has 5 heteroatoms. The van der Waals surface area contributed by atoms with Gasteiger partial charge in [-0.2, -0.15) is 0 Å². The molecular weight excluding hydrogens is 174 g/mol. The number of hydrogen-bond donors (Lipinski definition) is 3. The molecule has 0 bridgehead atoms. The van der Waals surface area contributed by atoms with Crippen LogP contribution in [0.25, 0.3) is 0 Å². The van der Waals surface area contributed by atoms with Crippen molar-refractivity contribution in [2.75, 3.05) is 32.9 Å². The van der Waals surface area contributed by atoms with Crippen LogP contribution in [0.1, 0.15) is 0 Å². The second-order valence-electron chi connectivity index (χ2n) is 2.28. The van der Waals surface area contributed by atoms with E-state index in [2.05, 4.69) is 5.32 Å². The number of nitrogens with one attached hydrogen (secondary N) is 1. The second kappa shape index (κ2) is 9.18. The van der Waals surface area contributed by atoms with E-state index in [0.29, 0.717) is 26.3 Å². The van der Waals surface area contributed by atoms with Crippen LogP contribution < -0.4 is 5.32 Å². The van der Waals surface area contributed by atoms with Crippen LogP contribution in [0.4, 0.5) is 0 Å². The highest BCUT2D eigenvalue weighted by molar-refractivity contribution is 5.79. The molecule has 0 heterocycles. The minimum absolute atomic E-state index is 0.0267. The maximum absolute atomic E-state index is 10.0. The van der Waals surface area contributed by atoms with E-state index in [1.165, 1.54) is 6.08 Å². The quantitative estimate of drug-likeness (QED) is 0.345. The topological polar surface area (TPSA) is 78.8 Å². The summed E-state index contributed by atoms with van der Waals surface area (Å²) in [4.78, 5) is 10.0. The Kier molecular flexibility index (Phi) is 8.54. The summed E-state index contributed by atoms with van der Waals surface area (Å²) in [6.45, 7) is 2.03. The number of hydrogen-bond acceptors (Lipinski definition) is 4. The lowest BCUT2D eigenvalue weighted by atomic mass is 10.5. The van der Waals surface area contributed by atoms with E-state index in [9.17, 15) is 4.79 Å². The van der Waals surface area contributed by atoms with E-state index in [1.807, 2.05) is 0 Å². The maximum Gasteiger partial charge on any atom is 0.328 e. The summed E-state index contributed by atoms with van der Waals surface area (Å²) < 4.78 is 4.96. The van der Waals surface area contributed by atoms with Crippen molar-refractivity contribution in [1.82, 2.24) is 5.32 Å². The summed E-state index contributed by atoms with van der Waals surface area (Å²) in [6, 6.07) is 0. The van der Waals surface area contributed by atoms with Crippen molar-refractivity contribution in [3.05, 3.63) is 12.2 Å². The van der Waals surface area contributed by atoms with Crippen LogP contribution in [-0.2, 0) is 9.53 Å². The molecule has 0 fully saturated rings. The fourth-order valence-corrected chi connectivity index (χ4v) is 0.656. The van der Waals surface area contributed by atoms with Crippen molar-refractivity contribution in [3.63, 3.8) is 0 Å². The van der Waals surface area contributed by atoms with Crippen molar-refractivity contribution in [3.8, 4) is 0 Å². The number of carbonyl (C=O) groups is 1. The van der Waals surface area contributed by atoms with Gasteiger partial charge in [-0.05, 0) is 0 Å². The van der Waals surface area contributed by atoms with Gasteiger partial charge in [0.15, 0.2) is 0 Å². The summed E-state index contributed by atoms with van der Waals surface area (Å²) in [6.07, 6.45) is 2.61. The van der Waals surface area contributed by atoms with Gasteiger partial charge in [0.1, 0.15) is 0 Å². The van der Waals surface area contributed by atoms with Gasteiger partial charge in [-0.1, -0.05) is 6.08 Å². The standard InChI is InChI=1S/C8H15NO4/c10-5-7-13-6-4-9-3-1-2-8(11)12/h1-2,9-10H,3-7H2,(H,11,12)/b2-1+. The molecular formula is C8H15NO4. The average Bonchev–Trinajstić information content (AvgIpc) is 2.09. The fraction of sp³-hybridized carbons (Fsp3) is 0.625. The Hall–Kier alpha value is -0.910. The van der Waals surface area contributed by atoms with E-state index in [-0.39, 0.29) is 6.61 Å². The molecule has 76 valence electrons. The monoisotopic (exact) mass is 189 g/mol. The first-order valence-corrected chi connectivity index (χ1v) is 4.06. The molecule has 0 aromatic carbocycles. The smallest absolute Gasteiger partial charge is 0.328 e. The number of aliphatic hydroxyl groups is 1. The lowest BCUT2D eigenvalue weighted by Crippen LogP contribution is -2.20. The minimum Gasteiger partial charge on any atom is -0.478 e. The molecule has 0 aromatic heterocycles. The number of carboxylic acid groups (broad SMARTS) is 1. The highest BCUT2D eigenvalue weighted by Crippen LogP contribution is 1.73. The molecule has 0 aliphatic carbocycles. The van der Waals surface area contributed by atoms with Gasteiger partial charge in [0.05, 0.1) is 19.8 Å². The molecule has 5 nitrogen and oxygen atoms in total. The second-order valence-corrected chi connectivity index (χ2v) is 2.28. The van der Waals surface area contributed by atoms with E-state index in [4.69, 9.17) is 14.9 Å². The minimum atomic E-state index is -0.946. The zero-order valence-corrected chi connectivity index (χ0v) is 7.40. The van der Waals surface area contributed by atoms with Gasteiger partial charge >= 0.3 is 5.97 Å². The molecule has 0 unspecified atom stereocenters. The third kappa shape index (κ3) is 11.1. The largest absolute Gasteiger partial charge is 0.478 e. The lowest BCUT2D eigenvalue weighted by molar-refractivity contribution is -0.131. The van der Waals surface area contributed by atoms with E-state index >= 15 is 0 Å². The van der Waals surface area contributed by atoms with Crippen molar-refractivity contribution < 1.29 is 19.7 Å². The molecule has 0 saturated carbocycles. The Morgan fingerprint density at radius 2 is 2.23 bits per heavy atom. The Morgan fingerprint density at radius 1 is 1.46 bits per heavy atom. The summed E-state index contributed by atoms with van der Waals surface area (Å²) in [7, 11) is 0. The van der Waals surface area contributed by atoms with Crippen molar-refractivity contribution >= 4 is 5.97 Å². The van der Waals surface area contributed by atoms with Crippen LogP contribution in [0.2, 0.25) is 0 Å². The molecule has 3 N–H and O–H groups in total. The summed E-state index contributed by atoms with van der Waals surface area (Å²) >= 11 is 0. The van der Waals surface area contributed by atoms with Gasteiger partial charge in [-0.15, -0.1) is 0 Å². The molecule has 0 saturated heterocycles. The summed E-state index contributed by atoms with van der Waals surface area (Å²) in [5, 5.41) is 19.5. The number of ether oxygens (including phenoxy) is 1. The Morgan fingerprint density at radius 3 is 2.85 bits per heavy atom. The van der Waals surface area contributed by atoms with Crippen LogP contribution in [0, 0.1) is 0 Å². The van der Waals surface area contributed by atoms with Crippen LogP contribution in [-0.4, -0.2) is 49.1 Å². The molecule has 0 radical (unpaired) electrons. The van der Waals surface area contributed by atoms with E-state index in [0.717, 1.165) is 6.08 Å². The number of carboxylic acids is 1. The molecule has 0 atom stereocenters. The van der Waals surface area contributed by atoms with Gasteiger partial charge in [-0.25, -0.2) is 4.79 Å². The van der Waals surface area contributed by atoms with Crippen LogP contribution in [0.3, 0.4) is 0 Å². The Labute approximate surface area is 77.0 Å². The van der Waals surface area contributed by atoms with E-state index < -0.39 is 5.97 Å². The zero-order chi connectivity index (χ0) is 9.94. The van der Waals surface area contributed by atoms with Gasteiger partial charge in [0, 0.05) is 19.2 Å². The number of aliphatic carboxylic acids is 1. The first kappa shape index (κ1) is 12.1.